The van der Waals surface area contributed by atoms with Crippen LogP contribution in [0.4, 0.5) is 0 Å². The van der Waals surface area contributed by atoms with Crippen LogP contribution in [0.2, 0.25) is 0 Å². The maximum Gasteiger partial charge on any atom is 0.354 e. The quantitative estimate of drug-likeness (QED) is 0.882. The molecule has 3 nitrogen and oxygen atoms in total. The van der Waals surface area contributed by atoms with Crippen molar-refractivity contribution in [3.8, 4) is 0 Å². The fraction of sp³-hybridized carbons (Fsp3) is 0.600. The highest BCUT2D eigenvalue weighted by Gasteiger charge is 2.30. The lowest BCUT2D eigenvalue weighted by atomic mass is 9.69. The van der Waals surface area contributed by atoms with Gasteiger partial charge in [0.25, 0.3) is 0 Å². The summed E-state index contributed by atoms with van der Waals surface area (Å²) in [5, 5.41) is 8.97. The van der Waals surface area contributed by atoms with Gasteiger partial charge in [-0.3, -0.25) is 0 Å². The van der Waals surface area contributed by atoms with Gasteiger partial charge in [-0.05, 0) is 42.4 Å². The first-order chi connectivity index (χ1) is 8.65. The molecule has 0 amide bonds. The van der Waals surface area contributed by atoms with E-state index in [1.807, 2.05) is 6.07 Å². The number of hydrogen-bond donors (Lipinski definition) is 1. The van der Waals surface area contributed by atoms with Gasteiger partial charge in [0, 0.05) is 6.20 Å². The molecule has 0 saturated heterocycles. The molecule has 3 heteroatoms. The summed E-state index contributed by atoms with van der Waals surface area (Å²) >= 11 is 0. The van der Waals surface area contributed by atoms with Crippen LogP contribution in [0, 0.1) is 5.41 Å². The Kier molecular flexibility index (Phi) is 4.00. The summed E-state index contributed by atoms with van der Waals surface area (Å²) < 4.78 is 0. The molecular weight excluding hydrogens is 226 g/mol. The van der Waals surface area contributed by atoms with Crippen LogP contribution in [-0.4, -0.2) is 16.1 Å². The van der Waals surface area contributed by atoms with E-state index in [1.54, 1.807) is 12.3 Å². The van der Waals surface area contributed by atoms with Crippen LogP contribution < -0.4 is 0 Å². The minimum atomic E-state index is -0.939. The number of carboxylic acids is 1. The number of nitrogens with zero attached hydrogens (tertiary/aromatic N) is 1. The summed E-state index contributed by atoms with van der Waals surface area (Å²) in [5.41, 5.74) is 1.66. The van der Waals surface area contributed by atoms with Crippen molar-refractivity contribution in [2.45, 2.75) is 51.9 Å². The average Bonchev–Trinajstić information content (AvgIpc) is 2.40. The second-order valence-electron chi connectivity index (χ2n) is 5.45. The van der Waals surface area contributed by atoms with Crippen LogP contribution >= 0.6 is 0 Å². The molecule has 0 unspecified atom stereocenters. The van der Waals surface area contributed by atoms with Crippen molar-refractivity contribution in [3.63, 3.8) is 0 Å². The molecule has 0 aliphatic heterocycles. The Morgan fingerprint density at radius 3 is 2.72 bits per heavy atom. The molecule has 1 saturated carbocycles. The minimum Gasteiger partial charge on any atom is -0.477 e. The summed E-state index contributed by atoms with van der Waals surface area (Å²) in [7, 11) is 0. The molecule has 1 aromatic rings. The number of carboxylic acid groups (broad SMARTS) is 1. The van der Waals surface area contributed by atoms with Gasteiger partial charge in [-0.15, -0.1) is 0 Å². The van der Waals surface area contributed by atoms with Gasteiger partial charge in [0.15, 0.2) is 0 Å². The monoisotopic (exact) mass is 247 g/mol. The highest BCUT2D eigenvalue weighted by Crippen LogP contribution is 2.41. The molecule has 1 fully saturated rings. The van der Waals surface area contributed by atoms with Crippen LogP contribution in [0.25, 0.3) is 0 Å². The standard InChI is InChI=1S/C15H21NO2/c1-2-15(7-4-3-5-8-15)11-12-6-9-16-13(10-12)14(17)18/h6,9-10H,2-5,7-8,11H2,1H3,(H,17,18). The molecule has 1 aromatic heterocycles. The van der Waals surface area contributed by atoms with Crippen molar-refractivity contribution < 1.29 is 9.90 Å². The van der Waals surface area contributed by atoms with E-state index in [2.05, 4.69) is 11.9 Å². The van der Waals surface area contributed by atoms with Crippen molar-refractivity contribution in [2.75, 3.05) is 0 Å². The predicted molar refractivity (Wildman–Crippen MR) is 70.7 cm³/mol. The zero-order valence-electron chi connectivity index (χ0n) is 11.0. The number of aromatic nitrogens is 1. The van der Waals surface area contributed by atoms with Crippen molar-refractivity contribution >= 4 is 5.97 Å². The predicted octanol–water partition coefficient (Wildman–Crippen LogP) is 3.68. The van der Waals surface area contributed by atoms with E-state index in [0.29, 0.717) is 5.41 Å². The molecule has 1 N–H and O–H groups in total. The maximum atomic E-state index is 10.9. The lowest BCUT2D eigenvalue weighted by molar-refractivity contribution is 0.0690. The van der Waals surface area contributed by atoms with Crippen LogP contribution in [0.1, 0.15) is 61.5 Å². The molecular formula is C15H21NO2. The number of carbonyl (C=O) groups is 1. The third-order valence-corrected chi connectivity index (χ3v) is 4.29. The highest BCUT2D eigenvalue weighted by atomic mass is 16.4. The summed E-state index contributed by atoms with van der Waals surface area (Å²) in [6.45, 7) is 2.25. The van der Waals surface area contributed by atoms with E-state index < -0.39 is 5.97 Å². The van der Waals surface area contributed by atoms with Crippen LogP contribution in [-0.2, 0) is 6.42 Å². The van der Waals surface area contributed by atoms with Gasteiger partial charge in [0.1, 0.15) is 5.69 Å². The summed E-state index contributed by atoms with van der Waals surface area (Å²) in [6.07, 6.45) is 10.3. The molecule has 0 bridgehead atoms. The van der Waals surface area contributed by atoms with Crippen molar-refractivity contribution in [1.82, 2.24) is 4.98 Å². The Morgan fingerprint density at radius 1 is 1.39 bits per heavy atom. The zero-order chi connectivity index (χ0) is 13.0. The van der Waals surface area contributed by atoms with Gasteiger partial charge in [-0.2, -0.15) is 0 Å². The highest BCUT2D eigenvalue weighted by molar-refractivity contribution is 5.85. The SMILES string of the molecule is CCC1(Cc2ccnc(C(=O)O)c2)CCCCC1. The van der Waals surface area contributed by atoms with Gasteiger partial charge >= 0.3 is 5.97 Å². The Hall–Kier alpha value is -1.38. The number of rotatable bonds is 4. The van der Waals surface area contributed by atoms with E-state index in [4.69, 9.17) is 5.11 Å². The molecule has 18 heavy (non-hydrogen) atoms. The van der Waals surface area contributed by atoms with Crippen LogP contribution in [0.15, 0.2) is 18.3 Å². The Morgan fingerprint density at radius 2 is 2.11 bits per heavy atom. The van der Waals surface area contributed by atoms with E-state index in [1.165, 1.54) is 38.5 Å². The third-order valence-electron chi connectivity index (χ3n) is 4.29. The second-order valence-corrected chi connectivity index (χ2v) is 5.45. The first-order valence-electron chi connectivity index (χ1n) is 6.83. The van der Waals surface area contributed by atoms with Gasteiger partial charge < -0.3 is 5.11 Å². The van der Waals surface area contributed by atoms with Gasteiger partial charge in [-0.25, -0.2) is 9.78 Å². The summed E-state index contributed by atoms with van der Waals surface area (Å²) in [4.78, 5) is 14.8. The fourth-order valence-corrected chi connectivity index (χ4v) is 3.09. The van der Waals surface area contributed by atoms with Crippen molar-refractivity contribution in [1.29, 1.82) is 0 Å². The smallest absolute Gasteiger partial charge is 0.354 e. The Labute approximate surface area is 108 Å². The normalized spacial score (nSPS) is 18.5. The first-order valence-corrected chi connectivity index (χ1v) is 6.83. The molecule has 1 heterocycles. The fourth-order valence-electron chi connectivity index (χ4n) is 3.09. The van der Waals surface area contributed by atoms with E-state index in [9.17, 15) is 4.79 Å². The number of hydrogen-bond acceptors (Lipinski definition) is 2. The van der Waals surface area contributed by atoms with Crippen LogP contribution in [0.5, 0.6) is 0 Å². The minimum absolute atomic E-state index is 0.162. The zero-order valence-corrected chi connectivity index (χ0v) is 11.0. The molecule has 1 aliphatic carbocycles. The van der Waals surface area contributed by atoms with Gasteiger partial charge in [0.05, 0.1) is 0 Å². The van der Waals surface area contributed by atoms with E-state index in [-0.39, 0.29) is 5.69 Å². The molecule has 1 aliphatic rings. The lowest BCUT2D eigenvalue weighted by Crippen LogP contribution is -2.26. The molecule has 0 aromatic carbocycles. The van der Waals surface area contributed by atoms with Crippen molar-refractivity contribution in [2.24, 2.45) is 5.41 Å². The molecule has 0 spiro atoms. The topological polar surface area (TPSA) is 50.2 Å². The van der Waals surface area contributed by atoms with E-state index >= 15 is 0 Å². The van der Waals surface area contributed by atoms with Gasteiger partial charge in [0.2, 0.25) is 0 Å². The Balaban J connectivity index is 2.16. The van der Waals surface area contributed by atoms with Crippen LogP contribution in [0.3, 0.4) is 0 Å². The molecule has 98 valence electrons. The number of aromatic carboxylic acids is 1. The third kappa shape index (κ3) is 2.89. The molecule has 2 rings (SSSR count). The first kappa shape index (κ1) is 13.1. The maximum absolute atomic E-state index is 10.9. The average molecular weight is 247 g/mol. The molecule has 0 atom stereocenters. The summed E-state index contributed by atoms with van der Waals surface area (Å²) in [5.74, 6) is -0.939. The van der Waals surface area contributed by atoms with E-state index in [0.717, 1.165) is 12.0 Å². The van der Waals surface area contributed by atoms with Gasteiger partial charge in [-0.1, -0.05) is 32.6 Å². The largest absolute Gasteiger partial charge is 0.477 e. The Bertz CT molecular complexity index is 422. The number of pyridine rings is 1. The summed E-state index contributed by atoms with van der Waals surface area (Å²) in [6, 6.07) is 3.69. The second kappa shape index (κ2) is 5.51. The lowest BCUT2D eigenvalue weighted by Gasteiger charge is -2.36. The molecule has 0 radical (unpaired) electrons. The van der Waals surface area contributed by atoms with Crippen molar-refractivity contribution in [3.05, 3.63) is 29.6 Å².